The number of thiophene rings is 2. The van der Waals surface area contributed by atoms with Gasteiger partial charge in [0.05, 0.1) is 0 Å². The van der Waals surface area contributed by atoms with E-state index in [0.717, 1.165) is 0 Å². The minimum Gasteiger partial charge on any atom is -0.143 e. The zero-order valence-corrected chi connectivity index (χ0v) is 25.3. The van der Waals surface area contributed by atoms with Crippen LogP contribution in [0.15, 0.2) is 108 Å². The molecule has 39 heavy (non-hydrogen) atoms. The van der Waals surface area contributed by atoms with Crippen LogP contribution >= 0.6 is 22.7 Å². The van der Waals surface area contributed by atoms with Gasteiger partial charge in [0.25, 0.3) is 0 Å². The van der Waals surface area contributed by atoms with E-state index in [1.165, 1.54) is 64.7 Å². The standard InChI is InChI=1S/C36H30S2Si/c1-23-11-9-13-25(19-23)33-34(26-14-10-12-24(2)20-26)36(30-22-38-32-18-8-6-16-28(30)32)39(3,4)35(33)29-21-37-31-17-7-5-15-27(29)31/h5-22H,1-4H3. The number of allylic oxidation sites excluding steroid dienone is 2. The minimum atomic E-state index is -2.20. The summed E-state index contributed by atoms with van der Waals surface area (Å²) >= 11 is 3.75. The topological polar surface area (TPSA) is 0 Å². The van der Waals surface area contributed by atoms with E-state index in [9.17, 15) is 0 Å². The van der Waals surface area contributed by atoms with Crippen LogP contribution in [0.5, 0.6) is 0 Å². The summed E-state index contributed by atoms with van der Waals surface area (Å²) in [5.74, 6) is 0. The zero-order chi connectivity index (χ0) is 26.7. The van der Waals surface area contributed by atoms with E-state index in [1.54, 1.807) is 10.4 Å². The molecule has 0 spiro atoms. The highest BCUT2D eigenvalue weighted by molar-refractivity contribution is 7.20. The maximum atomic E-state index is 2.58. The first-order chi connectivity index (χ1) is 18.9. The van der Waals surface area contributed by atoms with Crippen molar-refractivity contribution in [2.75, 3.05) is 0 Å². The molecule has 0 bridgehead atoms. The predicted molar refractivity (Wildman–Crippen MR) is 177 cm³/mol. The molecule has 0 saturated carbocycles. The molecule has 3 heteroatoms. The minimum absolute atomic E-state index is 1.30. The first-order valence-corrected chi connectivity index (χ1v) is 18.3. The molecule has 0 fully saturated rings. The lowest BCUT2D eigenvalue weighted by molar-refractivity contribution is 1.44. The van der Waals surface area contributed by atoms with Crippen LogP contribution in [0.4, 0.5) is 0 Å². The number of hydrogen-bond donors (Lipinski definition) is 0. The van der Waals surface area contributed by atoms with Crippen molar-refractivity contribution >= 4 is 72.5 Å². The average molecular weight is 555 g/mol. The molecule has 0 atom stereocenters. The van der Waals surface area contributed by atoms with Gasteiger partial charge in [-0.15, -0.1) is 22.7 Å². The molecule has 0 unspecified atom stereocenters. The van der Waals surface area contributed by atoms with E-state index in [0.29, 0.717) is 0 Å². The molecule has 3 heterocycles. The molecule has 1 aliphatic rings. The normalized spacial score (nSPS) is 15.2. The van der Waals surface area contributed by atoms with Gasteiger partial charge in [-0.05, 0) is 91.3 Å². The van der Waals surface area contributed by atoms with Gasteiger partial charge in [-0.25, -0.2) is 0 Å². The second-order valence-electron chi connectivity index (χ2n) is 11.2. The molecular formula is C36H30S2Si. The summed E-state index contributed by atoms with van der Waals surface area (Å²) in [6, 6.07) is 36.2. The number of hydrogen-bond acceptors (Lipinski definition) is 2. The smallest absolute Gasteiger partial charge is 0.115 e. The number of aryl methyl sites for hydroxylation is 2. The van der Waals surface area contributed by atoms with E-state index in [4.69, 9.17) is 0 Å². The maximum absolute atomic E-state index is 2.58. The summed E-state index contributed by atoms with van der Waals surface area (Å²) in [4.78, 5) is 0. The van der Waals surface area contributed by atoms with Crippen LogP contribution < -0.4 is 0 Å². The van der Waals surface area contributed by atoms with E-state index >= 15 is 0 Å². The van der Waals surface area contributed by atoms with Gasteiger partial charge in [-0.2, -0.15) is 0 Å². The summed E-state index contributed by atoms with van der Waals surface area (Å²) in [5.41, 5.74) is 10.9. The number of fused-ring (bicyclic) bond motifs is 2. The molecular weight excluding hydrogens is 525 g/mol. The third-order valence-electron chi connectivity index (χ3n) is 8.11. The molecule has 2 aromatic heterocycles. The predicted octanol–water partition coefficient (Wildman–Crippen LogP) is 11.1. The van der Waals surface area contributed by atoms with Gasteiger partial charge in [-0.3, -0.25) is 0 Å². The Morgan fingerprint density at radius 2 is 0.949 bits per heavy atom. The lowest BCUT2D eigenvalue weighted by atomic mass is 9.88. The van der Waals surface area contributed by atoms with E-state index in [-0.39, 0.29) is 0 Å². The Hall–Kier alpha value is -3.50. The second-order valence-corrected chi connectivity index (χ2v) is 17.2. The lowest BCUT2D eigenvalue weighted by Crippen LogP contribution is -2.28. The van der Waals surface area contributed by atoms with Crippen molar-refractivity contribution in [1.29, 1.82) is 0 Å². The molecule has 6 aromatic rings. The van der Waals surface area contributed by atoms with Crippen molar-refractivity contribution < 1.29 is 0 Å². The van der Waals surface area contributed by atoms with E-state index in [1.807, 2.05) is 22.7 Å². The van der Waals surface area contributed by atoms with E-state index < -0.39 is 8.07 Å². The van der Waals surface area contributed by atoms with Gasteiger partial charge >= 0.3 is 0 Å². The van der Waals surface area contributed by atoms with Crippen molar-refractivity contribution in [2.45, 2.75) is 26.9 Å². The first kappa shape index (κ1) is 24.5. The summed E-state index contributed by atoms with van der Waals surface area (Å²) < 4.78 is 2.72. The van der Waals surface area contributed by atoms with Crippen molar-refractivity contribution in [3.8, 4) is 0 Å². The van der Waals surface area contributed by atoms with Crippen LogP contribution in [0.3, 0.4) is 0 Å². The summed E-state index contributed by atoms with van der Waals surface area (Å²) in [6.07, 6.45) is 0. The van der Waals surface area contributed by atoms with Crippen molar-refractivity contribution in [3.05, 3.63) is 141 Å². The monoisotopic (exact) mass is 554 g/mol. The number of benzene rings is 4. The molecule has 1 aliphatic heterocycles. The molecule has 0 N–H and O–H groups in total. The molecule has 0 radical (unpaired) electrons. The molecule has 0 aliphatic carbocycles. The Balaban J connectivity index is 1.66. The average Bonchev–Trinajstić information content (AvgIpc) is 3.60. The Bertz CT molecular complexity index is 1820. The fourth-order valence-electron chi connectivity index (χ4n) is 6.46. The van der Waals surface area contributed by atoms with Crippen LogP contribution in [-0.4, -0.2) is 8.07 Å². The Labute approximate surface area is 239 Å². The Morgan fingerprint density at radius 1 is 0.513 bits per heavy atom. The summed E-state index contributed by atoms with van der Waals surface area (Å²) in [6.45, 7) is 9.58. The number of rotatable bonds is 4. The van der Waals surface area contributed by atoms with Crippen LogP contribution in [0.25, 0.3) is 41.7 Å². The largest absolute Gasteiger partial charge is 0.143 e. The molecule has 7 rings (SSSR count). The molecule has 190 valence electrons. The van der Waals surface area contributed by atoms with Gasteiger partial charge in [0, 0.05) is 9.40 Å². The summed E-state index contributed by atoms with van der Waals surface area (Å²) in [5, 5.41) is 10.7. The van der Waals surface area contributed by atoms with Crippen LogP contribution in [-0.2, 0) is 0 Å². The van der Waals surface area contributed by atoms with E-state index in [2.05, 4.69) is 135 Å². The Kier molecular flexibility index (Phi) is 5.85. The lowest BCUT2D eigenvalue weighted by Gasteiger charge is -2.26. The van der Waals surface area contributed by atoms with Gasteiger partial charge in [0.1, 0.15) is 8.07 Å². The SMILES string of the molecule is Cc1cccc(C2=C(c3csc4ccccc34)[Si](C)(C)C(c3csc4ccccc34)=C2c2cccc(C)c2)c1. The third-order valence-corrected chi connectivity index (χ3v) is 13.6. The fourth-order valence-corrected chi connectivity index (χ4v) is 12.4. The van der Waals surface area contributed by atoms with Gasteiger partial charge in [0.15, 0.2) is 0 Å². The molecule has 4 aromatic carbocycles. The van der Waals surface area contributed by atoms with Gasteiger partial charge in [0.2, 0.25) is 0 Å². The highest BCUT2D eigenvalue weighted by atomic mass is 32.1. The zero-order valence-electron chi connectivity index (χ0n) is 22.7. The van der Waals surface area contributed by atoms with Crippen molar-refractivity contribution in [3.63, 3.8) is 0 Å². The van der Waals surface area contributed by atoms with Crippen molar-refractivity contribution in [1.82, 2.24) is 0 Å². The third kappa shape index (κ3) is 3.91. The first-order valence-electron chi connectivity index (χ1n) is 13.5. The van der Waals surface area contributed by atoms with Gasteiger partial charge in [-0.1, -0.05) is 109 Å². The highest BCUT2D eigenvalue weighted by Gasteiger charge is 2.45. The molecule has 0 saturated heterocycles. The van der Waals surface area contributed by atoms with Crippen LogP contribution in [0.1, 0.15) is 33.4 Å². The quantitative estimate of drug-likeness (QED) is 0.190. The fraction of sp³-hybridized carbons (Fsp3) is 0.111. The maximum Gasteiger partial charge on any atom is 0.115 e. The summed E-state index contributed by atoms with van der Waals surface area (Å²) in [7, 11) is -2.20. The molecule has 0 amide bonds. The van der Waals surface area contributed by atoms with Crippen LogP contribution in [0.2, 0.25) is 13.1 Å². The Morgan fingerprint density at radius 3 is 1.38 bits per heavy atom. The highest BCUT2D eigenvalue weighted by Crippen LogP contribution is 2.58. The second kappa shape index (κ2) is 9.30. The van der Waals surface area contributed by atoms with Crippen LogP contribution in [0, 0.1) is 13.8 Å². The van der Waals surface area contributed by atoms with Gasteiger partial charge < -0.3 is 0 Å². The van der Waals surface area contributed by atoms with Crippen molar-refractivity contribution in [2.24, 2.45) is 0 Å². The molecule has 0 nitrogen and oxygen atoms in total.